The van der Waals surface area contributed by atoms with Gasteiger partial charge in [-0.3, -0.25) is 9.78 Å². The average molecular weight is 304 g/mol. The number of rotatable bonds is 5. The van der Waals surface area contributed by atoms with E-state index in [0.29, 0.717) is 11.4 Å². The molecule has 1 aromatic heterocycles. The molecular formula is C16H18ClN3O. The van der Waals surface area contributed by atoms with Crippen LogP contribution in [0.3, 0.4) is 0 Å². The quantitative estimate of drug-likeness (QED) is 0.868. The van der Waals surface area contributed by atoms with Crippen molar-refractivity contribution in [2.45, 2.75) is 26.3 Å². The molecule has 5 heteroatoms. The van der Waals surface area contributed by atoms with Crippen LogP contribution < -0.4 is 10.6 Å². The van der Waals surface area contributed by atoms with Crippen molar-refractivity contribution in [2.24, 2.45) is 0 Å². The van der Waals surface area contributed by atoms with Gasteiger partial charge < -0.3 is 10.6 Å². The standard InChI is InChI=1S/C16H18ClN3O/c1-3-16(21)20-13-6-7-14(17)15(9-13)19-11(2)12-5-4-8-18-10-12/h4-11,19H,3H2,1-2H3,(H,20,21). The molecule has 0 aliphatic rings. The normalized spacial score (nSPS) is 11.8. The van der Waals surface area contributed by atoms with Crippen molar-refractivity contribution in [3.05, 3.63) is 53.3 Å². The molecule has 4 nitrogen and oxygen atoms in total. The van der Waals surface area contributed by atoms with Crippen LogP contribution in [0.5, 0.6) is 0 Å². The first-order valence-corrected chi connectivity index (χ1v) is 7.23. The van der Waals surface area contributed by atoms with Crippen LogP contribution in [0.4, 0.5) is 11.4 Å². The Morgan fingerprint density at radius 2 is 2.19 bits per heavy atom. The maximum Gasteiger partial charge on any atom is 0.224 e. The third-order valence-electron chi connectivity index (χ3n) is 3.13. The van der Waals surface area contributed by atoms with Gasteiger partial charge in [0.2, 0.25) is 5.91 Å². The predicted molar refractivity (Wildman–Crippen MR) is 86.6 cm³/mol. The Bertz CT molecular complexity index is 616. The highest BCUT2D eigenvalue weighted by Gasteiger charge is 2.09. The van der Waals surface area contributed by atoms with Crippen LogP contribution in [0.25, 0.3) is 0 Å². The second-order valence-corrected chi connectivity index (χ2v) is 5.16. The zero-order valence-electron chi connectivity index (χ0n) is 12.1. The van der Waals surface area contributed by atoms with Gasteiger partial charge in [-0.25, -0.2) is 0 Å². The number of aromatic nitrogens is 1. The van der Waals surface area contributed by atoms with Gasteiger partial charge in [0, 0.05) is 24.5 Å². The molecule has 0 bridgehead atoms. The number of pyridine rings is 1. The van der Waals surface area contributed by atoms with E-state index >= 15 is 0 Å². The molecule has 2 N–H and O–H groups in total. The van der Waals surface area contributed by atoms with Gasteiger partial charge in [-0.05, 0) is 36.8 Å². The van der Waals surface area contributed by atoms with Crippen LogP contribution in [0.15, 0.2) is 42.7 Å². The first-order chi connectivity index (χ1) is 10.1. The molecule has 1 amide bonds. The van der Waals surface area contributed by atoms with Gasteiger partial charge in [-0.1, -0.05) is 24.6 Å². The third kappa shape index (κ3) is 4.20. The number of hydrogen-bond acceptors (Lipinski definition) is 3. The highest BCUT2D eigenvalue weighted by molar-refractivity contribution is 6.33. The summed E-state index contributed by atoms with van der Waals surface area (Å²) in [5.74, 6) is -0.0245. The predicted octanol–water partition coefficient (Wildman–Crippen LogP) is 4.26. The molecule has 1 aromatic carbocycles. The second-order valence-electron chi connectivity index (χ2n) is 4.75. The van der Waals surface area contributed by atoms with Crippen molar-refractivity contribution < 1.29 is 4.79 Å². The molecule has 2 rings (SSSR count). The van der Waals surface area contributed by atoms with Crippen molar-refractivity contribution in [1.82, 2.24) is 4.98 Å². The molecule has 1 heterocycles. The summed E-state index contributed by atoms with van der Waals surface area (Å²) in [6.45, 7) is 3.85. The summed E-state index contributed by atoms with van der Waals surface area (Å²) in [6.07, 6.45) is 4.00. The summed E-state index contributed by atoms with van der Waals surface area (Å²) in [7, 11) is 0. The number of carbonyl (C=O) groups is 1. The molecule has 0 spiro atoms. The molecule has 1 atom stereocenters. The minimum atomic E-state index is -0.0245. The first kappa shape index (κ1) is 15.3. The summed E-state index contributed by atoms with van der Waals surface area (Å²) in [5.41, 5.74) is 2.57. The smallest absolute Gasteiger partial charge is 0.224 e. The van der Waals surface area contributed by atoms with E-state index in [4.69, 9.17) is 11.6 Å². The van der Waals surface area contributed by atoms with Gasteiger partial charge in [0.15, 0.2) is 0 Å². The van der Waals surface area contributed by atoms with Crippen LogP contribution in [-0.4, -0.2) is 10.9 Å². The van der Waals surface area contributed by atoms with E-state index in [1.165, 1.54) is 0 Å². The Balaban J connectivity index is 2.15. The zero-order chi connectivity index (χ0) is 15.2. The lowest BCUT2D eigenvalue weighted by Gasteiger charge is -2.17. The largest absolute Gasteiger partial charge is 0.377 e. The number of halogens is 1. The van der Waals surface area contributed by atoms with Crippen LogP contribution in [-0.2, 0) is 4.79 Å². The van der Waals surface area contributed by atoms with Crippen LogP contribution in [0.2, 0.25) is 5.02 Å². The molecule has 0 aliphatic heterocycles. The molecule has 21 heavy (non-hydrogen) atoms. The first-order valence-electron chi connectivity index (χ1n) is 6.86. The number of anilines is 2. The molecule has 0 radical (unpaired) electrons. The zero-order valence-corrected chi connectivity index (χ0v) is 12.8. The Morgan fingerprint density at radius 3 is 2.86 bits per heavy atom. The van der Waals surface area contributed by atoms with Crippen molar-refractivity contribution in [2.75, 3.05) is 10.6 Å². The number of benzene rings is 1. The summed E-state index contributed by atoms with van der Waals surface area (Å²) < 4.78 is 0. The lowest BCUT2D eigenvalue weighted by atomic mass is 10.1. The number of carbonyl (C=O) groups excluding carboxylic acids is 1. The monoisotopic (exact) mass is 303 g/mol. The molecule has 2 aromatic rings. The Kier molecular flexibility index (Phi) is 5.17. The molecule has 0 saturated carbocycles. The van der Waals surface area contributed by atoms with E-state index in [-0.39, 0.29) is 11.9 Å². The Morgan fingerprint density at radius 1 is 1.38 bits per heavy atom. The number of nitrogens with zero attached hydrogens (tertiary/aromatic N) is 1. The molecule has 110 valence electrons. The minimum Gasteiger partial charge on any atom is -0.377 e. The van der Waals surface area contributed by atoms with E-state index < -0.39 is 0 Å². The average Bonchev–Trinajstić information content (AvgIpc) is 2.51. The van der Waals surface area contributed by atoms with Gasteiger partial charge in [-0.2, -0.15) is 0 Å². The maximum atomic E-state index is 11.4. The van der Waals surface area contributed by atoms with Crippen LogP contribution in [0.1, 0.15) is 31.9 Å². The van der Waals surface area contributed by atoms with E-state index in [1.807, 2.05) is 38.2 Å². The van der Waals surface area contributed by atoms with E-state index in [1.54, 1.807) is 18.3 Å². The van der Waals surface area contributed by atoms with Gasteiger partial charge in [0.05, 0.1) is 16.8 Å². The fourth-order valence-corrected chi connectivity index (χ4v) is 2.08. The molecule has 0 aliphatic carbocycles. The highest BCUT2D eigenvalue weighted by atomic mass is 35.5. The Labute approximate surface area is 129 Å². The van der Waals surface area contributed by atoms with Gasteiger partial charge in [-0.15, -0.1) is 0 Å². The lowest BCUT2D eigenvalue weighted by molar-refractivity contribution is -0.115. The topological polar surface area (TPSA) is 54.0 Å². The van der Waals surface area contributed by atoms with Crippen LogP contribution >= 0.6 is 11.6 Å². The summed E-state index contributed by atoms with van der Waals surface area (Å²) in [5, 5.41) is 6.77. The number of amides is 1. The molecule has 0 fully saturated rings. The van der Waals surface area contributed by atoms with E-state index in [0.717, 1.165) is 16.9 Å². The summed E-state index contributed by atoms with van der Waals surface area (Å²) in [4.78, 5) is 15.6. The summed E-state index contributed by atoms with van der Waals surface area (Å²) in [6, 6.07) is 9.35. The SMILES string of the molecule is CCC(=O)Nc1ccc(Cl)c(NC(C)c2cccnc2)c1. The van der Waals surface area contributed by atoms with Crippen molar-refractivity contribution in [3.8, 4) is 0 Å². The van der Waals surface area contributed by atoms with Gasteiger partial charge in [0.1, 0.15) is 0 Å². The lowest BCUT2D eigenvalue weighted by Crippen LogP contribution is -2.11. The molecular weight excluding hydrogens is 286 g/mol. The van der Waals surface area contributed by atoms with Crippen LogP contribution in [0, 0.1) is 0 Å². The van der Waals surface area contributed by atoms with E-state index in [9.17, 15) is 4.79 Å². The number of nitrogens with one attached hydrogen (secondary N) is 2. The van der Waals surface area contributed by atoms with Gasteiger partial charge in [0.25, 0.3) is 0 Å². The fourth-order valence-electron chi connectivity index (χ4n) is 1.91. The van der Waals surface area contributed by atoms with Crippen molar-refractivity contribution in [3.63, 3.8) is 0 Å². The Hall–Kier alpha value is -2.07. The van der Waals surface area contributed by atoms with E-state index in [2.05, 4.69) is 15.6 Å². The fraction of sp³-hybridized carbons (Fsp3) is 0.250. The highest BCUT2D eigenvalue weighted by Crippen LogP contribution is 2.29. The summed E-state index contributed by atoms with van der Waals surface area (Å²) >= 11 is 6.21. The van der Waals surface area contributed by atoms with Crippen molar-refractivity contribution >= 4 is 28.9 Å². The van der Waals surface area contributed by atoms with Crippen molar-refractivity contribution in [1.29, 1.82) is 0 Å². The third-order valence-corrected chi connectivity index (χ3v) is 3.46. The molecule has 0 saturated heterocycles. The van der Waals surface area contributed by atoms with Gasteiger partial charge >= 0.3 is 0 Å². The minimum absolute atomic E-state index is 0.0245. The number of hydrogen-bond donors (Lipinski definition) is 2. The second kappa shape index (κ2) is 7.09. The maximum absolute atomic E-state index is 11.4. The molecule has 1 unspecified atom stereocenters.